The molecular formula is C22H15Cl3N6O2. The minimum atomic E-state index is -0.512. The average Bonchev–Trinajstić information content (AvgIpc) is 2.79. The van der Waals surface area contributed by atoms with Gasteiger partial charge < -0.3 is 21.1 Å². The van der Waals surface area contributed by atoms with Gasteiger partial charge in [0.2, 0.25) is 0 Å². The monoisotopic (exact) mass is 500 g/mol. The number of benzene rings is 2. The van der Waals surface area contributed by atoms with Gasteiger partial charge in [-0.3, -0.25) is 0 Å². The van der Waals surface area contributed by atoms with Crippen LogP contribution in [0.15, 0.2) is 67.1 Å². The molecule has 8 nitrogen and oxygen atoms in total. The Hall–Kier alpha value is -3.59. The Morgan fingerprint density at radius 1 is 0.848 bits per heavy atom. The third-order valence-electron chi connectivity index (χ3n) is 4.32. The summed E-state index contributed by atoms with van der Waals surface area (Å²) in [5.41, 5.74) is 8.26. The Morgan fingerprint density at radius 3 is 2.27 bits per heavy atom. The number of carbonyl (C=O) groups is 1. The number of pyridine rings is 1. The highest BCUT2D eigenvalue weighted by Crippen LogP contribution is 2.29. The molecule has 0 saturated heterocycles. The zero-order chi connectivity index (χ0) is 23.4. The van der Waals surface area contributed by atoms with Crippen LogP contribution in [0, 0.1) is 0 Å². The molecule has 0 aliphatic rings. The summed E-state index contributed by atoms with van der Waals surface area (Å²) in [5, 5.41) is 6.50. The van der Waals surface area contributed by atoms with E-state index in [1.807, 2.05) is 12.1 Å². The molecule has 0 spiro atoms. The number of urea groups is 1. The SMILES string of the molecule is Nc1ncc(Cl)cc1-c1ccc(Oc2ncc(NC(=O)Nc3ccc(Cl)cc3Cl)cn2)cc1. The Balaban J connectivity index is 1.37. The van der Waals surface area contributed by atoms with Gasteiger partial charge in [-0.05, 0) is 42.0 Å². The summed E-state index contributed by atoms with van der Waals surface area (Å²) < 4.78 is 5.65. The maximum Gasteiger partial charge on any atom is 0.323 e. The van der Waals surface area contributed by atoms with Crippen molar-refractivity contribution in [2.24, 2.45) is 0 Å². The molecular weight excluding hydrogens is 487 g/mol. The van der Waals surface area contributed by atoms with Crippen molar-refractivity contribution in [1.29, 1.82) is 0 Å². The fourth-order valence-corrected chi connectivity index (χ4v) is 3.41. The van der Waals surface area contributed by atoms with E-state index in [1.165, 1.54) is 24.7 Å². The minimum Gasteiger partial charge on any atom is -0.424 e. The number of hydrogen-bond donors (Lipinski definition) is 3. The molecule has 4 N–H and O–H groups in total. The van der Waals surface area contributed by atoms with Crippen LogP contribution in [-0.4, -0.2) is 21.0 Å². The van der Waals surface area contributed by atoms with Crippen molar-refractivity contribution in [3.8, 4) is 22.9 Å². The molecule has 2 aromatic carbocycles. The van der Waals surface area contributed by atoms with E-state index in [0.29, 0.717) is 38.0 Å². The summed E-state index contributed by atoms with van der Waals surface area (Å²) in [6, 6.07) is 13.2. The quantitative estimate of drug-likeness (QED) is 0.287. The Labute approximate surface area is 203 Å². The minimum absolute atomic E-state index is 0.110. The summed E-state index contributed by atoms with van der Waals surface area (Å²) in [7, 11) is 0. The third-order valence-corrected chi connectivity index (χ3v) is 5.08. The van der Waals surface area contributed by atoms with Crippen LogP contribution in [0.2, 0.25) is 15.1 Å². The fourth-order valence-electron chi connectivity index (χ4n) is 2.80. The smallest absolute Gasteiger partial charge is 0.323 e. The van der Waals surface area contributed by atoms with Crippen molar-refractivity contribution in [2.75, 3.05) is 16.4 Å². The van der Waals surface area contributed by atoms with E-state index in [2.05, 4.69) is 25.6 Å². The van der Waals surface area contributed by atoms with Crippen LogP contribution in [0.1, 0.15) is 0 Å². The van der Waals surface area contributed by atoms with Crippen molar-refractivity contribution in [1.82, 2.24) is 15.0 Å². The number of nitrogen functional groups attached to an aromatic ring is 1. The third kappa shape index (κ3) is 5.81. The van der Waals surface area contributed by atoms with Crippen LogP contribution in [0.25, 0.3) is 11.1 Å². The molecule has 0 bridgehead atoms. The first kappa shape index (κ1) is 22.6. The number of ether oxygens (including phenoxy) is 1. The van der Waals surface area contributed by atoms with E-state index in [0.717, 1.165) is 11.1 Å². The van der Waals surface area contributed by atoms with Crippen LogP contribution in [0.3, 0.4) is 0 Å². The summed E-state index contributed by atoms with van der Waals surface area (Å²) in [5.74, 6) is 0.894. The van der Waals surface area contributed by atoms with Crippen molar-refractivity contribution < 1.29 is 9.53 Å². The van der Waals surface area contributed by atoms with Crippen molar-refractivity contribution in [2.45, 2.75) is 0 Å². The first-order chi connectivity index (χ1) is 15.9. The first-order valence-electron chi connectivity index (χ1n) is 9.42. The van der Waals surface area contributed by atoms with E-state index in [4.69, 9.17) is 45.3 Å². The highest BCUT2D eigenvalue weighted by molar-refractivity contribution is 6.36. The molecule has 2 amide bonds. The molecule has 0 radical (unpaired) electrons. The molecule has 4 rings (SSSR count). The highest BCUT2D eigenvalue weighted by Gasteiger charge is 2.09. The number of nitrogens with one attached hydrogen (secondary N) is 2. The number of nitrogens with two attached hydrogens (primary N) is 1. The fraction of sp³-hybridized carbons (Fsp3) is 0. The van der Waals surface area contributed by atoms with Gasteiger partial charge in [0.15, 0.2) is 0 Å². The topological polar surface area (TPSA) is 115 Å². The summed E-state index contributed by atoms with van der Waals surface area (Å²) in [4.78, 5) is 24.4. The number of aromatic nitrogens is 3. The molecule has 0 unspecified atom stereocenters. The number of anilines is 3. The van der Waals surface area contributed by atoms with E-state index in [1.54, 1.807) is 30.3 Å². The van der Waals surface area contributed by atoms with Crippen molar-refractivity contribution >= 4 is 58.0 Å². The Bertz CT molecular complexity index is 1300. The second-order valence-electron chi connectivity index (χ2n) is 6.67. The standard InChI is InChI=1S/C22H15Cl3N6O2/c23-13-3-6-19(18(25)8-13)31-21(32)30-15-10-28-22(29-11-15)33-16-4-1-12(2-5-16)17-7-14(24)9-27-20(17)26/h1-11H,(H2,26,27)(H2,30,31,32). The molecule has 0 saturated carbocycles. The summed E-state index contributed by atoms with van der Waals surface area (Å²) in [6.45, 7) is 0. The van der Waals surface area contributed by atoms with Gasteiger partial charge in [-0.25, -0.2) is 19.7 Å². The molecule has 2 aromatic heterocycles. The van der Waals surface area contributed by atoms with Crippen molar-refractivity contribution in [3.05, 3.63) is 82.2 Å². The number of amides is 2. The van der Waals surface area contributed by atoms with Gasteiger partial charge in [0.05, 0.1) is 33.8 Å². The Morgan fingerprint density at radius 2 is 1.58 bits per heavy atom. The molecule has 2 heterocycles. The maximum absolute atomic E-state index is 12.2. The number of rotatable bonds is 5. The summed E-state index contributed by atoms with van der Waals surface area (Å²) >= 11 is 17.9. The van der Waals surface area contributed by atoms with Gasteiger partial charge in [0.1, 0.15) is 11.6 Å². The van der Waals surface area contributed by atoms with Crippen LogP contribution in [0.4, 0.5) is 22.0 Å². The van der Waals surface area contributed by atoms with Gasteiger partial charge >= 0.3 is 12.0 Å². The molecule has 0 aliphatic heterocycles. The van der Waals surface area contributed by atoms with Gasteiger partial charge in [-0.2, -0.15) is 0 Å². The largest absolute Gasteiger partial charge is 0.424 e. The van der Waals surface area contributed by atoms with Gasteiger partial charge in [0.25, 0.3) is 0 Å². The molecule has 166 valence electrons. The zero-order valence-corrected chi connectivity index (χ0v) is 19.0. The number of carbonyl (C=O) groups excluding carboxylic acids is 1. The van der Waals surface area contributed by atoms with E-state index >= 15 is 0 Å². The zero-order valence-electron chi connectivity index (χ0n) is 16.7. The number of hydrogen-bond acceptors (Lipinski definition) is 6. The molecule has 33 heavy (non-hydrogen) atoms. The lowest BCUT2D eigenvalue weighted by Gasteiger charge is -2.10. The second-order valence-corrected chi connectivity index (χ2v) is 7.95. The molecule has 0 fully saturated rings. The predicted molar refractivity (Wildman–Crippen MR) is 130 cm³/mol. The van der Waals surface area contributed by atoms with Crippen molar-refractivity contribution in [3.63, 3.8) is 0 Å². The second kappa shape index (κ2) is 9.91. The number of nitrogens with zero attached hydrogens (tertiary/aromatic N) is 3. The van der Waals surface area contributed by atoms with Gasteiger partial charge in [-0.15, -0.1) is 0 Å². The molecule has 11 heteroatoms. The highest BCUT2D eigenvalue weighted by atomic mass is 35.5. The predicted octanol–water partition coefficient (Wildman–Crippen LogP) is 6.52. The molecule has 4 aromatic rings. The van der Waals surface area contributed by atoms with Crippen LogP contribution in [-0.2, 0) is 0 Å². The lowest BCUT2D eigenvalue weighted by atomic mass is 10.1. The number of halogens is 3. The van der Waals surface area contributed by atoms with Gasteiger partial charge in [-0.1, -0.05) is 46.9 Å². The lowest BCUT2D eigenvalue weighted by molar-refractivity contribution is 0.262. The summed E-state index contributed by atoms with van der Waals surface area (Å²) in [6.07, 6.45) is 4.32. The van der Waals surface area contributed by atoms with Crippen LogP contribution >= 0.6 is 34.8 Å². The maximum atomic E-state index is 12.2. The van der Waals surface area contributed by atoms with E-state index in [-0.39, 0.29) is 6.01 Å². The lowest BCUT2D eigenvalue weighted by Crippen LogP contribution is -2.19. The average molecular weight is 502 g/mol. The molecule has 0 aliphatic carbocycles. The van der Waals surface area contributed by atoms with Gasteiger partial charge in [0, 0.05) is 16.8 Å². The first-order valence-corrected chi connectivity index (χ1v) is 10.6. The van der Waals surface area contributed by atoms with Crippen LogP contribution in [0.5, 0.6) is 11.8 Å². The van der Waals surface area contributed by atoms with E-state index < -0.39 is 6.03 Å². The molecule has 0 atom stereocenters. The van der Waals surface area contributed by atoms with E-state index in [9.17, 15) is 4.79 Å². The van der Waals surface area contributed by atoms with Crippen LogP contribution < -0.4 is 21.1 Å². The normalized spacial score (nSPS) is 10.5. The Kier molecular flexibility index (Phi) is 6.79.